The molecule has 0 radical (unpaired) electrons. The van der Waals surface area contributed by atoms with E-state index in [1.54, 1.807) is 0 Å². The van der Waals surface area contributed by atoms with Crippen LogP contribution in [0.3, 0.4) is 0 Å². The third kappa shape index (κ3) is 2.48. The van der Waals surface area contributed by atoms with Gasteiger partial charge in [-0.15, -0.1) is 6.42 Å². The van der Waals surface area contributed by atoms with E-state index < -0.39 is 5.60 Å². The summed E-state index contributed by atoms with van der Waals surface area (Å²) in [6.07, 6.45) is 9.15. The molecule has 74 valence electrons. The van der Waals surface area contributed by atoms with Crippen molar-refractivity contribution >= 4 is 0 Å². The predicted octanol–water partition coefficient (Wildman–Crippen LogP) is 2.59. The molecular formula is C12H20O. The summed E-state index contributed by atoms with van der Waals surface area (Å²) >= 11 is 0. The van der Waals surface area contributed by atoms with Crippen molar-refractivity contribution in [2.75, 3.05) is 0 Å². The van der Waals surface area contributed by atoms with Crippen molar-refractivity contribution in [3.63, 3.8) is 0 Å². The van der Waals surface area contributed by atoms with E-state index in [2.05, 4.69) is 26.7 Å². The summed E-state index contributed by atoms with van der Waals surface area (Å²) in [5, 5.41) is 9.98. The van der Waals surface area contributed by atoms with Crippen LogP contribution in [0.25, 0.3) is 0 Å². The van der Waals surface area contributed by atoms with Gasteiger partial charge < -0.3 is 5.11 Å². The Morgan fingerprint density at radius 2 is 2.08 bits per heavy atom. The molecule has 0 amide bonds. The molecule has 1 rings (SSSR count). The highest BCUT2D eigenvalue weighted by Gasteiger charge is 2.37. The van der Waals surface area contributed by atoms with Crippen LogP contribution in [0.15, 0.2) is 0 Å². The van der Waals surface area contributed by atoms with Gasteiger partial charge in [-0.1, -0.05) is 26.7 Å². The van der Waals surface area contributed by atoms with Crippen molar-refractivity contribution in [2.45, 2.75) is 52.1 Å². The van der Waals surface area contributed by atoms with E-state index in [0.29, 0.717) is 5.92 Å². The molecule has 1 saturated carbocycles. The second-order valence-corrected chi connectivity index (χ2v) is 5.34. The standard InChI is InChI=1S/C12H20O/c1-5-12(13)8-6-7-10(9-12)11(2,3)4/h1,10,13H,6-9H2,2-4H3/t10?,12-/m0/s1. The number of rotatable bonds is 0. The van der Waals surface area contributed by atoms with Crippen molar-refractivity contribution in [1.82, 2.24) is 0 Å². The fourth-order valence-corrected chi connectivity index (χ4v) is 2.12. The predicted molar refractivity (Wildman–Crippen MR) is 55.2 cm³/mol. The zero-order valence-electron chi connectivity index (χ0n) is 8.93. The van der Waals surface area contributed by atoms with Crippen LogP contribution in [0, 0.1) is 23.7 Å². The van der Waals surface area contributed by atoms with Crippen LogP contribution >= 0.6 is 0 Å². The van der Waals surface area contributed by atoms with Gasteiger partial charge in [-0.25, -0.2) is 0 Å². The first-order chi connectivity index (χ1) is 5.87. The summed E-state index contributed by atoms with van der Waals surface area (Å²) in [6.45, 7) is 6.67. The van der Waals surface area contributed by atoms with E-state index in [1.165, 1.54) is 6.42 Å². The van der Waals surface area contributed by atoms with Gasteiger partial charge in [0.25, 0.3) is 0 Å². The third-order valence-electron chi connectivity index (χ3n) is 3.22. The molecule has 1 aliphatic carbocycles. The molecule has 0 aromatic carbocycles. The van der Waals surface area contributed by atoms with Gasteiger partial charge in [0.05, 0.1) is 0 Å². The average Bonchev–Trinajstić information content (AvgIpc) is 2.03. The summed E-state index contributed by atoms with van der Waals surface area (Å²) in [5.74, 6) is 3.10. The number of aliphatic hydroxyl groups is 1. The SMILES string of the molecule is C#C[C@]1(O)CCCC(C(C)(C)C)C1. The molecule has 13 heavy (non-hydrogen) atoms. The number of hydrogen-bond donors (Lipinski definition) is 1. The van der Waals surface area contributed by atoms with Gasteiger partial charge in [0.2, 0.25) is 0 Å². The molecule has 1 unspecified atom stereocenters. The van der Waals surface area contributed by atoms with Crippen molar-refractivity contribution in [2.24, 2.45) is 11.3 Å². The lowest BCUT2D eigenvalue weighted by Crippen LogP contribution is -2.38. The Bertz CT molecular complexity index is 218. The molecule has 0 aromatic rings. The largest absolute Gasteiger partial charge is 0.378 e. The molecule has 1 heteroatoms. The van der Waals surface area contributed by atoms with E-state index in [1.807, 2.05) is 0 Å². The lowest BCUT2D eigenvalue weighted by molar-refractivity contribution is 0.00736. The second kappa shape index (κ2) is 3.35. The third-order valence-corrected chi connectivity index (χ3v) is 3.22. The van der Waals surface area contributed by atoms with Crippen LogP contribution in [0.2, 0.25) is 0 Å². The van der Waals surface area contributed by atoms with Gasteiger partial charge in [0.15, 0.2) is 0 Å². The molecule has 0 heterocycles. The molecule has 0 aliphatic heterocycles. The molecule has 1 aliphatic rings. The van der Waals surface area contributed by atoms with Gasteiger partial charge in [-0.05, 0) is 37.0 Å². The molecule has 1 nitrogen and oxygen atoms in total. The van der Waals surface area contributed by atoms with Crippen LogP contribution in [0.4, 0.5) is 0 Å². The average molecular weight is 180 g/mol. The molecule has 0 aromatic heterocycles. The van der Waals surface area contributed by atoms with Gasteiger partial charge in [-0.2, -0.15) is 0 Å². The topological polar surface area (TPSA) is 20.2 Å². The molecule has 1 N–H and O–H groups in total. The Hall–Kier alpha value is -0.480. The first-order valence-electron chi connectivity index (χ1n) is 5.07. The van der Waals surface area contributed by atoms with Crippen molar-refractivity contribution in [3.05, 3.63) is 0 Å². The summed E-state index contributed by atoms with van der Waals surface area (Å²) in [7, 11) is 0. The lowest BCUT2D eigenvalue weighted by atomic mass is 9.68. The first-order valence-corrected chi connectivity index (χ1v) is 5.07. The van der Waals surface area contributed by atoms with E-state index in [4.69, 9.17) is 6.42 Å². The highest BCUT2D eigenvalue weighted by molar-refractivity contribution is 5.10. The minimum atomic E-state index is -0.823. The van der Waals surface area contributed by atoms with Gasteiger partial charge in [0.1, 0.15) is 5.60 Å². The molecule has 0 bridgehead atoms. The van der Waals surface area contributed by atoms with Gasteiger partial charge >= 0.3 is 0 Å². The maximum atomic E-state index is 9.98. The molecule has 0 saturated heterocycles. The summed E-state index contributed by atoms with van der Waals surface area (Å²) in [6, 6.07) is 0. The van der Waals surface area contributed by atoms with Crippen LogP contribution in [-0.4, -0.2) is 10.7 Å². The van der Waals surface area contributed by atoms with Crippen LogP contribution in [-0.2, 0) is 0 Å². The van der Waals surface area contributed by atoms with Crippen LogP contribution in [0.5, 0.6) is 0 Å². The molecular weight excluding hydrogens is 160 g/mol. The van der Waals surface area contributed by atoms with Crippen LogP contribution < -0.4 is 0 Å². The van der Waals surface area contributed by atoms with E-state index in [0.717, 1.165) is 19.3 Å². The summed E-state index contributed by atoms with van der Waals surface area (Å²) in [5.41, 5.74) is -0.554. The van der Waals surface area contributed by atoms with Gasteiger partial charge in [0, 0.05) is 0 Å². The Labute approximate surface area is 81.5 Å². The Balaban J connectivity index is 2.69. The second-order valence-electron chi connectivity index (χ2n) is 5.34. The van der Waals surface area contributed by atoms with Crippen molar-refractivity contribution < 1.29 is 5.11 Å². The minimum Gasteiger partial charge on any atom is -0.378 e. The van der Waals surface area contributed by atoms with Crippen molar-refractivity contribution in [3.8, 4) is 12.3 Å². The fourth-order valence-electron chi connectivity index (χ4n) is 2.12. The maximum Gasteiger partial charge on any atom is 0.125 e. The van der Waals surface area contributed by atoms with E-state index in [9.17, 15) is 5.11 Å². The Kier molecular flexibility index (Phi) is 2.73. The Morgan fingerprint density at radius 3 is 2.54 bits per heavy atom. The summed E-state index contributed by atoms with van der Waals surface area (Å²) < 4.78 is 0. The smallest absolute Gasteiger partial charge is 0.125 e. The first kappa shape index (κ1) is 10.6. The highest BCUT2D eigenvalue weighted by Crippen LogP contribution is 2.41. The van der Waals surface area contributed by atoms with Crippen molar-refractivity contribution in [1.29, 1.82) is 0 Å². The molecule has 0 spiro atoms. The minimum absolute atomic E-state index is 0.269. The molecule has 2 atom stereocenters. The molecule has 1 fully saturated rings. The quantitative estimate of drug-likeness (QED) is 0.568. The lowest BCUT2D eigenvalue weighted by Gasteiger charge is -2.40. The monoisotopic (exact) mass is 180 g/mol. The number of terminal acetylenes is 1. The Morgan fingerprint density at radius 1 is 1.46 bits per heavy atom. The normalized spacial score (nSPS) is 35.5. The number of hydrogen-bond acceptors (Lipinski definition) is 1. The van der Waals surface area contributed by atoms with E-state index >= 15 is 0 Å². The maximum absolute atomic E-state index is 9.98. The fraction of sp³-hybridized carbons (Fsp3) is 0.833. The zero-order chi connectivity index (χ0) is 10.1. The summed E-state index contributed by atoms with van der Waals surface area (Å²) in [4.78, 5) is 0. The van der Waals surface area contributed by atoms with E-state index in [-0.39, 0.29) is 5.41 Å². The highest BCUT2D eigenvalue weighted by atomic mass is 16.3. The van der Waals surface area contributed by atoms with Crippen LogP contribution in [0.1, 0.15) is 46.5 Å². The zero-order valence-corrected chi connectivity index (χ0v) is 8.93. The van der Waals surface area contributed by atoms with Gasteiger partial charge in [-0.3, -0.25) is 0 Å².